The Labute approximate surface area is 132 Å². The molecule has 0 aliphatic heterocycles. The third-order valence-electron chi connectivity index (χ3n) is 3.96. The lowest BCUT2D eigenvalue weighted by Crippen LogP contribution is -2.32. The normalized spacial score (nSPS) is 13.4. The number of carbonyl (C=O) groups is 1. The van der Waals surface area contributed by atoms with Gasteiger partial charge in [-0.3, -0.25) is 4.79 Å². The summed E-state index contributed by atoms with van der Waals surface area (Å²) in [6.07, 6.45) is 0.479. The molecule has 0 aliphatic rings. The molecule has 0 spiro atoms. The first-order valence-electron chi connectivity index (χ1n) is 7.70. The summed E-state index contributed by atoms with van der Waals surface area (Å²) >= 11 is 0. The van der Waals surface area contributed by atoms with Crippen molar-refractivity contribution in [1.82, 2.24) is 5.32 Å². The maximum absolute atomic E-state index is 12.1. The van der Waals surface area contributed by atoms with E-state index in [0.717, 1.165) is 5.56 Å². The van der Waals surface area contributed by atoms with E-state index >= 15 is 0 Å². The van der Waals surface area contributed by atoms with E-state index < -0.39 is 0 Å². The molecule has 116 valence electrons. The summed E-state index contributed by atoms with van der Waals surface area (Å²) in [6, 6.07) is 17.9. The van der Waals surface area contributed by atoms with Crippen molar-refractivity contribution in [3.05, 3.63) is 71.3 Å². The van der Waals surface area contributed by atoms with Gasteiger partial charge in [-0.05, 0) is 29.5 Å². The second-order valence-electron chi connectivity index (χ2n) is 5.78. The maximum Gasteiger partial charge on any atom is 0.220 e. The van der Waals surface area contributed by atoms with Gasteiger partial charge in [0.05, 0.1) is 0 Å². The van der Waals surface area contributed by atoms with Crippen molar-refractivity contribution in [2.45, 2.75) is 32.2 Å². The molecular weight excluding hydrogens is 272 g/mol. The Bertz CT molecular complexity index is 610. The summed E-state index contributed by atoms with van der Waals surface area (Å²) in [5, 5.41) is 2.94. The second-order valence-corrected chi connectivity index (χ2v) is 5.78. The van der Waals surface area contributed by atoms with Gasteiger partial charge in [0, 0.05) is 19.0 Å². The van der Waals surface area contributed by atoms with Gasteiger partial charge in [0.15, 0.2) is 0 Å². The highest BCUT2D eigenvalue weighted by atomic mass is 16.1. The highest BCUT2D eigenvalue weighted by Crippen LogP contribution is 2.22. The van der Waals surface area contributed by atoms with E-state index in [2.05, 4.69) is 31.3 Å². The van der Waals surface area contributed by atoms with Crippen LogP contribution in [0.2, 0.25) is 0 Å². The second kappa shape index (κ2) is 7.76. The number of nitrogens with one attached hydrogen (secondary N) is 1. The fraction of sp³-hybridized carbons (Fsp3) is 0.316. The highest BCUT2D eigenvalue weighted by Gasteiger charge is 2.14. The number of benzene rings is 2. The summed E-state index contributed by atoms with van der Waals surface area (Å²) in [6.45, 7) is 4.62. The molecule has 1 amide bonds. The third kappa shape index (κ3) is 4.43. The van der Waals surface area contributed by atoms with Gasteiger partial charge in [-0.15, -0.1) is 0 Å². The monoisotopic (exact) mass is 296 g/mol. The number of aryl methyl sites for hydroxylation is 1. The van der Waals surface area contributed by atoms with Crippen LogP contribution in [0.25, 0.3) is 0 Å². The van der Waals surface area contributed by atoms with Gasteiger partial charge in [-0.1, -0.05) is 61.5 Å². The minimum Gasteiger partial charge on any atom is -0.354 e. The summed E-state index contributed by atoms with van der Waals surface area (Å²) < 4.78 is 0. The van der Waals surface area contributed by atoms with Crippen LogP contribution in [0, 0.1) is 6.92 Å². The van der Waals surface area contributed by atoms with Crippen LogP contribution in [0.1, 0.15) is 42.0 Å². The predicted molar refractivity (Wildman–Crippen MR) is 90.6 cm³/mol. The van der Waals surface area contributed by atoms with Crippen LogP contribution in [0.5, 0.6) is 0 Å². The summed E-state index contributed by atoms with van der Waals surface area (Å²) in [5.41, 5.74) is 9.58. The number of amides is 1. The molecular formula is C19H24N2O. The van der Waals surface area contributed by atoms with Gasteiger partial charge < -0.3 is 11.1 Å². The maximum atomic E-state index is 12.1. The van der Waals surface area contributed by atoms with Crippen LogP contribution in [-0.4, -0.2) is 12.5 Å². The fourth-order valence-electron chi connectivity index (χ4n) is 2.64. The molecule has 2 unspecified atom stereocenters. The number of nitrogens with two attached hydrogens (primary N) is 1. The Hall–Kier alpha value is -2.13. The average molecular weight is 296 g/mol. The van der Waals surface area contributed by atoms with Crippen molar-refractivity contribution >= 4 is 5.91 Å². The molecule has 2 aromatic carbocycles. The predicted octanol–water partition coefficient (Wildman–Crippen LogP) is 3.30. The van der Waals surface area contributed by atoms with Crippen molar-refractivity contribution < 1.29 is 4.79 Å². The molecule has 2 aromatic rings. The molecule has 0 bridgehead atoms. The van der Waals surface area contributed by atoms with E-state index in [0.29, 0.717) is 13.0 Å². The number of rotatable bonds is 6. The SMILES string of the molecule is Cc1ccccc1C(C)CC(=O)NCC(N)c1ccccc1. The molecule has 0 heterocycles. The first-order valence-corrected chi connectivity index (χ1v) is 7.70. The third-order valence-corrected chi connectivity index (χ3v) is 3.96. The first kappa shape index (κ1) is 16.2. The molecule has 0 aromatic heterocycles. The van der Waals surface area contributed by atoms with Crippen molar-refractivity contribution in [2.75, 3.05) is 6.54 Å². The molecule has 0 fully saturated rings. The summed E-state index contributed by atoms with van der Waals surface area (Å²) in [4.78, 5) is 12.1. The molecule has 3 heteroatoms. The van der Waals surface area contributed by atoms with Crippen LogP contribution in [0.4, 0.5) is 0 Å². The minimum absolute atomic E-state index is 0.0436. The van der Waals surface area contributed by atoms with Gasteiger partial charge in [0.1, 0.15) is 0 Å². The Morgan fingerprint density at radius 3 is 2.41 bits per heavy atom. The van der Waals surface area contributed by atoms with E-state index in [-0.39, 0.29) is 17.9 Å². The smallest absolute Gasteiger partial charge is 0.220 e. The van der Waals surface area contributed by atoms with Crippen LogP contribution in [0.15, 0.2) is 54.6 Å². The Morgan fingerprint density at radius 2 is 1.73 bits per heavy atom. The van der Waals surface area contributed by atoms with Crippen LogP contribution in [-0.2, 0) is 4.79 Å². The quantitative estimate of drug-likeness (QED) is 0.859. The van der Waals surface area contributed by atoms with Gasteiger partial charge in [0.2, 0.25) is 5.91 Å². The topological polar surface area (TPSA) is 55.1 Å². The van der Waals surface area contributed by atoms with E-state index in [1.165, 1.54) is 11.1 Å². The van der Waals surface area contributed by atoms with Gasteiger partial charge in [-0.2, -0.15) is 0 Å². The summed E-state index contributed by atoms with van der Waals surface area (Å²) in [5.74, 6) is 0.247. The number of hydrogen-bond donors (Lipinski definition) is 2. The van der Waals surface area contributed by atoms with E-state index in [4.69, 9.17) is 5.73 Å². The van der Waals surface area contributed by atoms with Crippen LogP contribution in [0.3, 0.4) is 0 Å². The van der Waals surface area contributed by atoms with Crippen molar-refractivity contribution in [3.63, 3.8) is 0 Å². The lowest BCUT2D eigenvalue weighted by Gasteiger charge is -2.16. The molecule has 0 radical (unpaired) electrons. The standard InChI is InChI=1S/C19H24N2O/c1-14-8-6-7-11-17(14)15(2)12-19(22)21-13-18(20)16-9-4-3-5-10-16/h3-11,15,18H,12-13,20H2,1-2H3,(H,21,22). The molecule has 2 rings (SSSR count). The highest BCUT2D eigenvalue weighted by molar-refractivity contribution is 5.77. The molecule has 2 atom stereocenters. The van der Waals surface area contributed by atoms with Crippen LogP contribution < -0.4 is 11.1 Å². The molecule has 22 heavy (non-hydrogen) atoms. The Balaban J connectivity index is 1.84. The van der Waals surface area contributed by atoms with Gasteiger partial charge in [-0.25, -0.2) is 0 Å². The zero-order valence-corrected chi connectivity index (χ0v) is 13.3. The van der Waals surface area contributed by atoms with E-state index in [9.17, 15) is 4.79 Å². The zero-order valence-electron chi connectivity index (χ0n) is 13.3. The van der Waals surface area contributed by atoms with Gasteiger partial charge >= 0.3 is 0 Å². The largest absolute Gasteiger partial charge is 0.354 e. The van der Waals surface area contributed by atoms with E-state index in [1.54, 1.807) is 0 Å². The molecule has 0 saturated heterocycles. The fourth-order valence-corrected chi connectivity index (χ4v) is 2.64. The minimum atomic E-state index is -0.168. The summed E-state index contributed by atoms with van der Waals surface area (Å²) in [7, 11) is 0. The molecule has 3 nitrogen and oxygen atoms in total. The first-order chi connectivity index (χ1) is 10.6. The van der Waals surface area contributed by atoms with Crippen molar-refractivity contribution in [1.29, 1.82) is 0 Å². The molecule has 0 saturated carbocycles. The Morgan fingerprint density at radius 1 is 1.09 bits per heavy atom. The van der Waals surface area contributed by atoms with Crippen molar-refractivity contribution in [3.8, 4) is 0 Å². The van der Waals surface area contributed by atoms with Crippen LogP contribution >= 0.6 is 0 Å². The molecule has 3 N–H and O–H groups in total. The molecule has 0 aliphatic carbocycles. The van der Waals surface area contributed by atoms with Crippen molar-refractivity contribution in [2.24, 2.45) is 5.73 Å². The number of carbonyl (C=O) groups excluding carboxylic acids is 1. The lowest BCUT2D eigenvalue weighted by atomic mass is 9.93. The number of hydrogen-bond acceptors (Lipinski definition) is 2. The average Bonchev–Trinajstić information content (AvgIpc) is 2.53. The van der Waals surface area contributed by atoms with E-state index in [1.807, 2.05) is 42.5 Å². The zero-order chi connectivity index (χ0) is 15.9. The Kier molecular flexibility index (Phi) is 5.73. The lowest BCUT2D eigenvalue weighted by molar-refractivity contribution is -0.121. The van der Waals surface area contributed by atoms with Gasteiger partial charge in [0.25, 0.3) is 0 Å².